The van der Waals surface area contributed by atoms with Crippen LogP contribution in [0.1, 0.15) is 50.9 Å². The van der Waals surface area contributed by atoms with Crippen LogP contribution in [-0.4, -0.2) is 22.9 Å². The van der Waals surface area contributed by atoms with Gasteiger partial charge in [0.25, 0.3) is 0 Å². The van der Waals surface area contributed by atoms with Crippen LogP contribution in [0.4, 0.5) is 0 Å². The Morgan fingerprint density at radius 1 is 1.30 bits per heavy atom. The van der Waals surface area contributed by atoms with Gasteiger partial charge in [-0.1, -0.05) is 26.7 Å². The smallest absolute Gasteiger partial charge is 0.0596 e. The maximum Gasteiger partial charge on any atom is 0.0596 e. The molecule has 1 aliphatic carbocycles. The summed E-state index contributed by atoms with van der Waals surface area (Å²) in [6.07, 6.45) is 6.80. The third-order valence-electron chi connectivity index (χ3n) is 4.60. The molecule has 0 bridgehead atoms. The molecular weight excluding hydrogens is 246 g/mol. The highest BCUT2D eigenvalue weighted by Crippen LogP contribution is 2.32. The van der Waals surface area contributed by atoms with Crippen molar-refractivity contribution < 1.29 is 0 Å². The second-order valence-electron chi connectivity index (χ2n) is 6.96. The molecule has 0 saturated heterocycles. The van der Waals surface area contributed by atoms with E-state index in [4.69, 9.17) is 0 Å². The molecule has 20 heavy (non-hydrogen) atoms. The van der Waals surface area contributed by atoms with Gasteiger partial charge in [-0.3, -0.25) is 4.68 Å². The van der Waals surface area contributed by atoms with Crippen molar-refractivity contribution in [2.75, 3.05) is 13.1 Å². The summed E-state index contributed by atoms with van der Waals surface area (Å²) in [6.45, 7) is 8.99. The molecule has 0 amide bonds. The van der Waals surface area contributed by atoms with E-state index in [2.05, 4.69) is 49.0 Å². The van der Waals surface area contributed by atoms with Crippen LogP contribution in [0.5, 0.6) is 0 Å². The highest BCUT2D eigenvalue weighted by Gasteiger charge is 2.25. The summed E-state index contributed by atoms with van der Waals surface area (Å²) in [5.41, 5.74) is 2.55. The third kappa shape index (κ3) is 4.34. The second kappa shape index (κ2) is 7.26. The molecule has 2 atom stereocenters. The molecule has 3 heteroatoms. The Morgan fingerprint density at radius 3 is 2.60 bits per heavy atom. The molecule has 0 radical (unpaired) electrons. The van der Waals surface area contributed by atoms with E-state index in [-0.39, 0.29) is 0 Å². The average molecular weight is 277 g/mol. The average Bonchev–Trinajstić information content (AvgIpc) is 2.69. The number of aromatic nitrogens is 2. The molecule has 114 valence electrons. The van der Waals surface area contributed by atoms with Crippen molar-refractivity contribution >= 4 is 0 Å². The van der Waals surface area contributed by atoms with Gasteiger partial charge in [-0.05, 0) is 63.1 Å². The third-order valence-corrected chi connectivity index (χ3v) is 4.60. The number of hydrogen-bond donors (Lipinski definition) is 1. The highest BCUT2D eigenvalue weighted by atomic mass is 15.3. The van der Waals surface area contributed by atoms with Crippen LogP contribution < -0.4 is 5.32 Å². The largest absolute Gasteiger partial charge is 0.316 e. The summed E-state index contributed by atoms with van der Waals surface area (Å²) in [5.74, 6) is 2.42. The Balaban J connectivity index is 1.91. The van der Waals surface area contributed by atoms with Gasteiger partial charge in [0.05, 0.1) is 5.69 Å². The summed E-state index contributed by atoms with van der Waals surface area (Å²) in [4.78, 5) is 0. The lowest BCUT2D eigenvalue weighted by atomic mass is 9.77. The zero-order valence-electron chi connectivity index (χ0n) is 13.7. The lowest BCUT2D eigenvalue weighted by Gasteiger charge is -2.32. The first-order valence-electron chi connectivity index (χ1n) is 8.26. The van der Waals surface area contributed by atoms with Crippen LogP contribution in [0.3, 0.4) is 0 Å². The van der Waals surface area contributed by atoms with E-state index in [0.717, 1.165) is 30.0 Å². The van der Waals surface area contributed by atoms with E-state index < -0.39 is 0 Å². The van der Waals surface area contributed by atoms with Gasteiger partial charge >= 0.3 is 0 Å². The summed E-state index contributed by atoms with van der Waals surface area (Å²) >= 11 is 0. The van der Waals surface area contributed by atoms with Crippen molar-refractivity contribution in [3.05, 3.63) is 17.5 Å². The van der Waals surface area contributed by atoms with Crippen LogP contribution in [0.2, 0.25) is 0 Å². The Bertz CT molecular complexity index is 408. The zero-order chi connectivity index (χ0) is 14.5. The van der Waals surface area contributed by atoms with Gasteiger partial charge in [-0.25, -0.2) is 0 Å². The van der Waals surface area contributed by atoms with Gasteiger partial charge in [0.2, 0.25) is 0 Å². The molecule has 3 nitrogen and oxygen atoms in total. The summed E-state index contributed by atoms with van der Waals surface area (Å²) in [6, 6.07) is 2.26. The van der Waals surface area contributed by atoms with Gasteiger partial charge in [0.1, 0.15) is 0 Å². The lowest BCUT2D eigenvalue weighted by Crippen LogP contribution is -2.33. The van der Waals surface area contributed by atoms with Crippen molar-refractivity contribution in [1.82, 2.24) is 15.1 Å². The maximum absolute atomic E-state index is 4.49. The first kappa shape index (κ1) is 15.6. The van der Waals surface area contributed by atoms with Crippen molar-refractivity contribution in [1.29, 1.82) is 0 Å². The normalized spacial score (nSPS) is 23.4. The molecule has 0 aromatic carbocycles. The standard InChI is InChI=1S/C17H31N3/c1-13(2)11-18-12-16-8-6-5-7-15(16)10-17-9-14(3)19-20(17)4/h9,13,15-16,18H,5-8,10-12H2,1-4H3. The van der Waals surface area contributed by atoms with Crippen LogP contribution >= 0.6 is 0 Å². The number of hydrogen-bond acceptors (Lipinski definition) is 2. The van der Waals surface area contributed by atoms with Gasteiger partial charge in [-0.2, -0.15) is 5.10 Å². The molecule has 1 N–H and O–H groups in total. The maximum atomic E-state index is 4.49. The molecule has 1 aromatic rings. The van der Waals surface area contributed by atoms with E-state index in [1.165, 1.54) is 44.3 Å². The Morgan fingerprint density at radius 2 is 2.00 bits per heavy atom. The van der Waals surface area contributed by atoms with Gasteiger partial charge < -0.3 is 5.32 Å². The number of nitrogens with zero attached hydrogens (tertiary/aromatic N) is 2. The topological polar surface area (TPSA) is 29.9 Å². The number of aryl methyl sites for hydroxylation is 2. The van der Waals surface area contributed by atoms with E-state index in [1.807, 2.05) is 0 Å². The molecule has 1 aliphatic rings. The Kier molecular flexibility index (Phi) is 5.64. The number of rotatable bonds is 6. The van der Waals surface area contributed by atoms with Gasteiger partial charge in [-0.15, -0.1) is 0 Å². The van der Waals surface area contributed by atoms with E-state index in [0.29, 0.717) is 0 Å². The van der Waals surface area contributed by atoms with E-state index in [9.17, 15) is 0 Å². The fourth-order valence-electron chi connectivity index (χ4n) is 3.50. The van der Waals surface area contributed by atoms with Crippen molar-refractivity contribution in [2.45, 2.75) is 52.9 Å². The lowest BCUT2D eigenvalue weighted by molar-refractivity contribution is 0.224. The fourth-order valence-corrected chi connectivity index (χ4v) is 3.50. The van der Waals surface area contributed by atoms with Crippen LogP contribution in [0.25, 0.3) is 0 Å². The fraction of sp³-hybridized carbons (Fsp3) is 0.824. The molecule has 1 fully saturated rings. The molecule has 2 rings (SSSR count). The molecule has 0 spiro atoms. The van der Waals surface area contributed by atoms with E-state index >= 15 is 0 Å². The first-order valence-corrected chi connectivity index (χ1v) is 8.26. The van der Waals surface area contributed by atoms with Crippen molar-refractivity contribution in [3.63, 3.8) is 0 Å². The zero-order valence-corrected chi connectivity index (χ0v) is 13.7. The minimum Gasteiger partial charge on any atom is -0.316 e. The van der Waals surface area contributed by atoms with Crippen LogP contribution in [0.15, 0.2) is 6.07 Å². The number of nitrogens with one attached hydrogen (secondary N) is 1. The van der Waals surface area contributed by atoms with Crippen molar-refractivity contribution in [2.24, 2.45) is 24.8 Å². The highest BCUT2D eigenvalue weighted by molar-refractivity contribution is 5.09. The molecular formula is C17H31N3. The summed E-state index contributed by atoms with van der Waals surface area (Å²) in [7, 11) is 2.08. The minimum absolute atomic E-state index is 0.747. The Labute approximate surface area is 124 Å². The Hall–Kier alpha value is -0.830. The second-order valence-corrected chi connectivity index (χ2v) is 6.96. The van der Waals surface area contributed by atoms with E-state index in [1.54, 1.807) is 0 Å². The van der Waals surface area contributed by atoms with Crippen LogP contribution in [0, 0.1) is 24.7 Å². The van der Waals surface area contributed by atoms with Crippen LogP contribution in [-0.2, 0) is 13.5 Å². The molecule has 1 heterocycles. The van der Waals surface area contributed by atoms with Gasteiger partial charge in [0.15, 0.2) is 0 Å². The van der Waals surface area contributed by atoms with Crippen molar-refractivity contribution in [3.8, 4) is 0 Å². The molecule has 1 aromatic heterocycles. The predicted molar refractivity (Wildman–Crippen MR) is 84.8 cm³/mol. The molecule has 1 saturated carbocycles. The minimum atomic E-state index is 0.747. The molecule has 0 aliphatic heterocycles. The van der Waals surface area contributed by atoms with Gasteiger partial charge in [0, 0.05) is 12.7 Å². The molecule has 2 unspecified atom stereocenters. The monoisotopic (exact) mass is 277 g/mol. The summed E-state index contributed by atoms with van der Waals surface area (Å²) in [5, 5.41) is 8.16. The quantitative estimate of drug-likeness (QED) is 0.864. The predicted octanol–water partition coefficient (Wildman–Crippen LogP) is 3.32. The summed E-state index contributed by atoms with van der Waals surface area (Å²) < 4.78 is 2.07. The first-order chi connectivity index (χ1) is 9.56. The SMILES string of the molecule is Cc1cc(CC2CCCCC2CNCC(C)C)n(C)n1.